The van der Waals surface area contributed by atoms with Crippen molar-refractivity contribution < 1.29 is 4.79 Å². The Morgan fingerprint density at radius 2 is 2.27 bits per heavy atom. The Hall–Kier alpha value is -0.870. The van der Waals surface area contributed by atoms with Crippen LogP contribution in [0.1, 0.15) is 22.2 Å². The Kier molecular flexibility index (Phi) is 4.78. The van der Waals surface area contributed by atoms with E-state index in [0.717, 1.165) is 23.5 Å². The number of thiophene rings is 1. The van der Waals surface area contributed by atoms with E-state index in [4.69, 9.17) is 0 Å². The molecule has 1 heterocycles. The van der Waals surface area contributed by atoms with Gasteiger partial charge in [-0.3, -0.25) is 4.79 Å². The quantitative estimate of drug-likeness (QED) is 0.801. The molecule has 15 heavy (non-hydrogen) atoms. The van der Waals surface area contributed by atoms with Crippen molar-refractivity contribution in [2.45, 2.75) is 13.8 Å². The largest absolute Gasteiger partial charge is 0.351 e. The molecular formula is C11H18N2OS. The Bertz CT molecular complexity index is 322. The molecule has 1 unspecified atom stereocenters. The van der Waals surface area contributed by atoms with Crippen molar-refractivity contribution in [1.82, 2.24) is 10.6 Å². The summed E-state index contributed by atoms with van der Waals surface area (Å²) in [6.45, 7) is 5.71. The number of aryl methyl sites for hydroxylation is 1. The minimum Gasteiger partial charge on any atom is -0.351 e. The van der Waals surface area contributed by atoms with Crippen molar-refractivity contribution in [1.29, 1.82) is 0 Å². The molecule has 0 aliphatic heterocycles. The van der Waals surface area contributed by atoms with Gasteiger partial charge in [-0.25, -0.2) is 0 Å². The zero-order valence-electron chi connectivity index (χ0n) is 9.46. The highest BCUT2D eigenvalue weighted by Crippen LogP contribution is 2.14. The van der Waals surface area contributed by atoms with Crippen LogP contribution in [0.15, 0.2) is 11.4 Å². The van der Waals surface area contributed by atoms with Crippen LogP contribution in [0.5, 0.6) is 0 Å². The Labute approximate surface area is 94.9 Å². The topological polar surface area (TPSA) is 41.1 Å². The van der Waals surface area contributed by atoms with Crippen LogP contribution in [0.3, 0.4) is 0 Å². The zero-order chi connectivity index (χ0) is 11.3. The molecule has 0 saturated carbocycles. The summed E-state index contributed by atoms with van der Waals surface area (Å²) >= 11 is 1.50. The van der Waals surface area contributed by atoms with E-state index in [-0.39, 0.29) is 5.91 Å². The molecule has 0 aliphatic carbocycles. The van der Waals surface area contributed by atoms with Crippen molar-refractivity contribution in [3.05, 3.63) is 21.9 Å². The van der Waals surface area contributed by atoms with Crippen molar-refractivity contribution in [2.75, 3.05) is 20.1 Å². The average molecular weight is 226 g/mol. The normalized spacial score (nSPS) is 12.5. The summed E-state index contributed by atoms with van der Waals surface area (Å²) in [7, 11) is 1.92. The second-order valence-corrected chi connectivity index (χ2v) is 4.72. The Morgan fingerprint density at radius 3 is 2.80 bits per heavy atom. The minimum atomic E-state index is 0.0467. The van der Waals surface area contributed by atoms with Crippen LogP contribution < -0.4 is 10.6 Å². The molecule has 0 saturated heterocycles. The van der Waals surface area contributed by atoms with Gasteiger partial charge in [0.05, 0.1) is 4.88 Å². The van der Waals surface area contributed by atoms with Crippen molar-refractivity contribution >= 4 is 17.2 Å². The molecule has 0 aliphatic rings. The fraction of sp³-hybridized carbons (Fsp3) is 0.545. The average Bonchev–Trinajstić information content (AvgIpc) is 2.61. The van der Waals surface area contributed by atoms with Gasteiger partial charge in [-0.15, -0.1) is 11.3 Å². The molecule has 3 nitrogen and oxygen atoms in total. The summed E-state index contributed by atoms with van der Waals surface area (Å²) in [4.78, 5) is 12.5. The first kappa shape index (κ1) is 12.2. The summed E-state index contributed by atoms with van der Waals surface area (Å²) in [5, 5.41) is 7.98. The third-order valence-electron chi connectivity index (χ3n) is 2.23. The number of hydrogen-bond donors (Lipinski definition) is 2. The molecule has 1 atom stereocenters. The maximum atomic E-state index is 11.7. The molecule has 1 aromatic rings. The second kappa shape index (κ2) is 5.88. The highest BCUT2D eigenvalue weighted by molar-refractivity contribution is 7.12. The van der Waals surface area contributed by atoms with Crippen LogP contribution in [-0.2, 0) is 0 Å². The van der Waals surface area contributed by atoms with Gasteiger partial charge in [-0.2, -0.15) is 0 Å². The predicted molar refractivity (Wildman–Crippen MR) is 64.5 cm³/mol. The molecule has 1 aromatic heterocycles. The van der Waals surface area contributed by atoms with E-state index in [1.165, 1.54) is 11.3 Å². The van der Waals surface area contributed by atoms with Crippen LogP contribution >= 0.6 is 11.3 Å². The first-order valence-electron chi connectivity index (χ1n) is 5.12. The number of carbonyl (C=O) groups excluding carboxylic acids is 1. The van der Waals surface area contributed by atoms with Crippen molar-refractivity contribution in [3.63, 3.8) is 0 Å². The molecule has 1 rings (SSSR count). The van der Waals surface area contributed by atoms with Crippen molar-refractivity contribution in [2.24, 2.45) is 5.92 Å². The third-order valence-corrected chi connectivity index (χ3v) is 3.25. The standard InChI is InChI=1S/C11H18N2OS/c1-8(6-12-3)7-13-11(14)10-9(2)4-5-15-10/h4-5,8,12H,6-7H2,1-3H3,(H,13,14). The van der Waals surface area contributed by atoms with E-state index in [1.54, 1.807) is 0 Å². The maximum absolute atomic E-state index is 11.7. The number of nitrogens with one attached hydrogen (secondary N) is 2. The van der Waals surface area contributed by atoms with Crippen LogP contribution in [-0.4, -0.2) is 26.0 Å². The van der Waals surface area contributed by atoms with E-state index in [0.29, 0.717) is 5.92 Å². The van der Waals surface area contributed by atoms with Crippen LogP contribution in [0, 0.1) is 12.8 Å². The molecule has 0 fully saturated rings. The summed E-state index contributed by atoms with van der Waals surface area (Å²) in [5.41, 5.74) is 1.05. The van der Waals surface area contributed by atoms with Gasteiger partial charge in [-0.05, 0) is 43.4 Å². The van der Waals surface area contributed by atoms with Crippen molar-refractivity contribution in [3.8, 4) is 0 Å². The van der Waals surface area contributed by atoms with E-state index >= 15 is 0 Å². The lowest BCUT2D eigenvalue weighted by Crippen LogP contribution is -2.32. The second-order valence-electron chi connectivity index (χ2n) is 3.81. The molecule has 4 heteroatoms. The first-order valence-corrected chi connectivity index (χ1v) is 6.00. The smallest absolute Gasteiger partial charge is 0.261 e. The van der Waals surface area contributed by atoms with Gasteiger partial charge < -0.3 is 10.6 Å². The van der Waals surface area contributed by atoms with Gasteiger partial charge in [0.2, 0.25) is 0 Å². The number of hydrogen-bond acceptors (Lipinski definition) is 3. The van der Waals surface area contributed by atoms with Gasteiger partial charge in [-0.1, -0.05) is 6.92 Å². The molecule has 2 N–H and O–H groups in total. The fourth-order valence-electron chi connectivity index (χ4n) is 1.37. The third kappa shape index (κ3) is 3.64. The highest BCUT2D eigenvalue weighted by Gasteiger charge is 2.10. The SMILES string of the molecule is CNCC(C)CNC(=O)c1sccc1C. The van der Waals surface area contributed by atoms with Crippen LogP contribution in [0.25, 0.3) is 0 Å². The van der Waals surface area contributed by atoms with Crippen LogP contribution in [0.2, 0.25) is 0 Å². The van der Waals surface area contributed by atoms with Crippen LogP contribution in [0.4, 0.5) is 0 Å². The summed E-state index contributed by atoms with van der Waals surface area (Å²) < 4.78 is 0. The van der Waals surface area contributed by atoms with Gasteiger partial charge in [0.15, 0.2) is 0 Å². The van der Waals surface area contributed by atoms with E-state index in [2.05, 4.69) is 17.6 Å². The molecule has 1 amide bonds. The summed E-state index contributed by atoms with van der Waals surface area (Å²) in [5.74, 6) is 0.504. The number of carbonyl (C=O) groups is 1. The zero-order valence-corrected chi connectivity index (χ0v) is 10.3. The monoisotopic (exact) mass is 226 g/mol. The first-order chi connectivity index (χ1) is 7.15. The molecule has 0 radical (unpaired) electrons. The predicted octanol–water partition coefficient (Wildman–Crippen LogP) is 1.64. The molecule has 0 spiro atoms. The molecular weight excluding hydrogens is 208 g/mol. The molecule has 0 bridgehead atoms. The van der Waals surface area contributed by atoms with Gasteiger partial charge in [0, 0.05) is 6.54 Å². The van der Waals surface area contributed by atoms with E-state index in [1.807, 2.05) is 25.4 Å². The molecule has 0 aromatic carbocycles. The van der Waals surface area contributed by atoms with E-state index in [9.17, 15) is 4.79 Å². The Balaban J connectivity index is 2.40. The summed E-state index contributed by atoms with van der Waals surface area (Å²) in [6.07, 6.45) is 0. The Morgan fingerprint density at radius 1 is 1.53 bits per heavy atom. The number of rotatable bonds is 5. The fourth-order valence-corrected chi connectivity index (χ4v) is 2.21. The van der Waals surface area contributed by atoms with Gasteiger partial charge in [0.1, 0.15) is 0 Å². The lowest BCUT2D eigenvalue weighted by Gasteiger charge is -2.11. The van der Waals surface area contributed by atoms with E-state index < -0.39 is 0 Å². The maximum Gasteiger partial charge on any atom is 0.261 e. The number of amides is 1. The lowest BCUT2D eigenvalue weighted by atomic mass is 10.2. The highest BCUT2D eigenvalue weighted by atomic mass is 32.1. The minimum absolute atomic E-state index is 0.0467. The van der Waals surface area contributed by atoms with Gasteiger partial charge in [0.25, 0.3) is 5.91 Å². The van der Waals surface area contributed by atoms with Gasteiger partial charge >= 0.3 is 0 Å². The molecule has 84 valence electrons. The lowest BCUT2D eigenvalue weighted by molar-refractivity contribution is 0.0951. The summed E-state index contributed by atoms with van der Waals surface area (Å²) in [6, 6.07) is 1.97.